The number of rotatable bonds is 5. The van der Waals surface area contributed by atoms with Crippen LogP contribution in [0.5, 0.6) is 5.75 Å². The quantitative estimate of drug-likeness (QED) is 0.884. The van der Waals surface area contributed by atoms with E-state index in [0.29, 0.717) is 17.9 Å². The number of nitrogens with zero attached hydrogens (tertiary/aromatic N) is 2. The molecular weight excluding hydrogens is 244 g/mol. The van der Waals surface area contributed by atoms with Crippen molar-refractivity contribution in [2.75, 3.05) is 6.61 Å². The Morgan fingerprint density at radius 1 is 1.32 bits per heavy atom. The van der Waals surface area contributed by atoms with Crippen molar-refractivity contribution in [3.05, 3.63) is 52.7 Å². The summed E-state index contributed by atoms with van der Waals surface area (Å²) < 4.78 is 8.43. The van der Waals surface area contributed by atoms with Crippen LogP contribution in [0.3, 0.4) is 0 Å². The van der Waals surface area contributed by atoms with Crippen molar-refractivity contribution in [2.45, 2.75) is 19.6 Å². The molecular formula is C14H18N2O3. The fraction of sp³-hybridized carbons (Fsp3) is 0.357. The van der Waals surface area contributed by atoms with Crippen molar-refractivity contribution in [3.8, 4) is 5.75 Å². The molecule has 0 fully saturated rings. The van der Waals surface area contributed by atoms with Gasteiger partial charge in [-0.3, -0.25) is 4.57 Å². The summed E-state index contributed by atoms with van der Waals surface area (Å²) in [6.45, 7) is 2.64. The molecule has 2 aromatic rings. The van der Waals surface area contributed by atoms with E-state index >= 15 is 0 Å². The third-order valence-electron chi connectivity index (χ3n) is 2.97. The van der Waals surface area contributed by atoms with Gasteiger partial charge in [0.25, 0.3) is 0 Å². The maximum absolute atomic E-state index is 11.7. The Balaban J connectivity index is 2.22. The molecule has 0 radical (unpaired) electrons. The Morgan fingerprint density at radius 2 is 2.05 bits per heavy atom. The molecule has 1 aromatic heterocycles. The fourth-order valence-corrected chi connectivity index (χ4v) is 1.98. The number of imidazole rings is 1. The minimum atomic E-state index is -0.775. The molecule has 0 amide bonds. The lowest BCUT2D eigenvalue weighted by Crippen LogP contribution is -2.24. The van der Waals surface area contributed by atoms with E-state index in [9.17, 15) is 9.90 Å². The molecule has 0 saturated heterocycles. The summed E-state index contributed by atoms with van der Waals surface area (Å²) in [7, 11) is 1.68. The van der Waals surface area contributed by atoms with Gasteiger partial charge in [0.2, 0.25) is 0 Å². The van der Waals surface area contributed by atoms with E-state index in [4.69, 9.17) is 4.74 Å². The van der Waals surface area contributed by atoms with Gasteiger partial charge in [-0.05, 0) is 13.0 Å². The average molecular weight is 262 g/mol. The number of aliphatic hydroxyl groups excluding tert-OH is 1. The highest BCUT2D eigenvalue weighted by Crippen LogP contribution is 2.25. The van der Waals surface area contributed by atoms with Crippen molar-refractivity contribution < 1.29 is 9.84 Å². The number of para-hydroxylation sites is 1. The molecule has 1 unspecified atom stereocenters. The predicted molar refractivity (Wildman–Crippen MR) is 72.2 cm³/mol. The van der Waals surface area contributed by atoms with Crippen molar-refractivity contribution in [1.29, 1.82) is 0 Å². The van der Waals surface area contributed by atoms with Crippen LogP contribution in [0.25, 0.3) is 0 Å². The van der Waals surface area contributed by atoms with Gasteiger partial charge < -0.3 is 14.4 Å². The van der Waals surface area contributed by atoms with Crippen LogP contribution in [0.1, 0.15) is 18.6 Å². The van der Waals surface area contributed by atoms with Crippen LogP contribution in [0.4, 0.5) is 0 Å². The van der Waals surface area contributed by atoms with Crippen molar-refractivity contribution in [2.24, 2.45) is 7.05 Å². The van der Waals surface area contributed by atoms with Crippen molar-refractivity contribution in [1.82, 2.24) is 9.13 Å². The van der Waals surface area contributed by atoms with Gasteiger partial charge in [0, 0.05) is 25.0 Å². The summed E-state index contributed by atoms with van der Waals surface area (Å²) in [6.07, 6.45) is 2.56. The lowest BCUT2D eigenvalue weighted by atomic mass is 10.1. The Kier molecular flexibility index (Phi) is 4.06. The molecule has 0 bridgehead atoms. The highest BCUT2D eigenvalue weighted by Gasteiger charge is 2.14. The van der Waals surface area contributed by atoms with E-state index < -0.39 is 6.10 Å². The Labute approximate surface area is 111 Å². The standard InChI is InChI=1S/C14H18N2O3/c1-3-19-13-7-5-4-6-11(13)12(17)10-16-9-8-15(2)14(16)18/h4-9,12,17H,3,10H2,1-2H3. The van der Waals surface area contributed by atoms with Crippen LogP contribution in [0.15, 0.2) is 41.5 Å². The maximum Gasteiger partial charge on any atom is 0.327 e. The second-order valence-corrected chi connectivity index (χ2v) is 4.33. The molecule has 0 aliphatic rings. The molecule has 0 aliphatic heterocycles. The molecule has 2 rings (SSSR count). The van der Waals surface area contributed by atoms with E-state index in [1.54, 1.807) is 19.4 Å². The summed E-state index contributed by atoms with van der Waals surface area (Å²) >= 11 is 0. The topological polar surface area (TPSA) is 56.4 Å². The molecule has 5 nitrogen and oxygen atoms in total. The van der Waals surface area contributed by atoms with E-state index in [-0.39, 0.29) is 12.2 Å². The van der Waals surface area contributed by atoms with Gasteiger partial charge in [0.15, 0.2) is 0 Å². The normalized spacial score (nSPS) is 12.4. The number of hydrogen-bond donors (Lipinski definition) is 1. The highest BCUT2D eigenvalue weighted by molar-refractivity contribution is 5.35. The molecule has 0 spiro atoms. The van der Waals surface area contributed by atoms with Crippen LogP contribution >= 0.6 is 0 Å². The third-order valence-corrected chi connectivity index (χ3v) is 2.97. The number of ether oxygens (including phenoxy) is 1. The van der Waals surface area contributed by atoms with Crippen molar-refractivity contribution >= 4 is 0 Å². The zero-order chi connectivity index (χ0) is 13.8. The molecule has 0 aliphatic carbocycles. The SMILES string of the molecule is CCOc1ccccc1C(O)Cn1ccn(C)c1=O. The molecule has 1 atom stereocenters. The van der Waals surface area contributed by atoms with Gasteiger partial charge >= 0.3 is 5.69 Å². The lowest BCUT2D eigenvalue weighted by molar-refractivity contribution is 0.150. The van der Waals surface area contributed by atoms with Crippen LogP contribution < -0.4 is 10.4 Å². The number of aromatic nitrogens is 2. The molecule has 1 N–H and O–H groups in total. The highest BCUT2D eigenvalue weighted by atomic mass is 16.5. The molecule has 1 aromatic carbocycles. The van der Waals surface area contributed by atoms with Gasteiger partial charge in [-0.2, -0.15) is 0 Å². The second kappa shape index (κ2) is 5.75. The fourth-order valence-electron chi connectivity index (χ4n) is 1.98. The number of hydrogen-bond acceptors (Lipinski definition) is 3. The third kappa shape index (κ3) is 2.88. The summed E-state index contributed by atoms with van der Waals surface area (Å²) in [4.78, 5) is 11.7. The first-order valence-electron chi connectivity index (χ1n) is 6.25. The number of aliphatic hydroxyl groups is 1. The second-order valence-electron chi connectivity index (χ2n) is 4.33. The Morgan fingerprint density at radius 3 is 2.68 bits per heavy atom. The minimum absolute atomic E-state index is 0.145. The van der Waals surface area contributed by atoms with Crippen LogP contribution in [-0.4, -0.2) is 20.8 Å². The van der Waals surface area contributed by atoms with Gasteiger partial charge in [0.05, 0.1) is 13.2 Å². The minimum Gasteiger partial charge on any atom is -0.493 e. The molecule has 1 heterocycles. The average Bonchev–Trinajstić information content (AvgIpc) is 2.72. The van der Waals surface area contributed by atoms with Crippen LogP contribution in [0, 0.1) is 0 Å². The van der Waals surface area contributed by atoms with E-state index in [0.717, 1.165) is 0 Å². The smallest absolute Gasteiger partial charge is 0.327 e. The largest absolute Gasteiger partial charge is 0.493 e. The van der Waals surface area contributed by atoms with Gasteiger partial charge in [-0.15, -0.1) is 0 Å². The van der Waals surface area contributed by atoms with E-state index in [2.05, 4.69) is 0 Å². The molecule has 0 saturated carbocycles. The Hall–Kier alpha value is -2.01. The van der Waals surface area contributed by atoms with Gasteiger partial charge in [-0.1, -0.05) is 18.2 Å². The summed E-state index contributed by atoms with van der Waals surface area (Å²) in [5.74, 6) is 0.654. The van der Waals surface area contributed by atoms with Crippen molar-refractivity contribution in [3.63, 3.8) is 0 Å². The Bertz CT molecular complexity index is 601. The summed E-state index contributed by atoms with van der Waals surface area (Å²) in [5, 5.41) is 10.3. The maximum atomic E-state index is 11.7. The first-order valence-corrected chi connectivity index (χ1v) is 6.25. The van der Waals surface area contributed by atoms with Crippen LogP contribution in [-0.2, 0) is 13.6 Å². The predicted octanol–water partition coefficient (Wildman–Crippen LogP) is 1.32. The lowest BCUT2D eigenvalue weighted by Gasteiger charge is -2.15. The van der Waals surface area contributed by atoms with Crippen LogP contribution in [0.2, 0.25) is 0 Å². The van der Waals surface area contributed by atoms with Gasteiger partial charge in [0.1, 0.15) is 11.9 Å². The number of aryl methyl sites for hydroxylation is 1. The zero-order valence-electron chi connectivity index (χ0n) is 11.1. The summed E-state index contributed by atoms with van der Waals surface area (Å²) in [5.41, 5.74) is 0.549. The van der Waals surface area contributed by atoms with E-state index in [1.807, 2.05) is 31.2 Å². The molecule has 102 valence electrons. The molecule has 19 heavy (non-hydrogen) atoms. The van der Waals surface area contributed by atoms with E-state index in [1.165, 1.54) is 9.13 Å². The monoisotopic (exact) mass is 262 g/mol. The number of benzene rings is 1. The summed E-state index contributed by atoms with van der Waals surface area (Å²) in [6, 6.07) is 7.32. The first-order chi connectivity index (χ1) is 9.13. The zero-order valence-corrected chi connectivity index (χ0v) is 11.1. The van der Waals surface area contributed by atoms with Gasteiger partial charge in [-0.25, -0.2) is 4.79 Å². The molecule has 5 heteroatoms. The first kappa shape index (κ1) is 13.4.